The smallest absolute Gasteiger partial charge is 0.331 e. The van der Waals surface area contributed by atoms with Crippen LogP contribution in [0, 0.1) is 17.3 Å². The van der Waals surface area contributed by atoms with Crippen LogP contribution in [0.5, 0.6) is 0 Å². The Hall–Kier alpha value is -1.03. The predicted octanol–water partition coefficient (Wildman–Crippen LogP) is 3.75. The SMILES string of the molecule is CS/C=C\C(=O)O[C@@H]1CCC2=CC(=O)[C@H](C)C[C@]2(C)[C@H]1C. The van der Waals surface area contributed by atoms with Gasteiger partial charge in [0.1, 0.15) is 6.10 Å². The van der Waals surface area contributed by atoms with Crippen molar-refractivity contribution < 1.29 is 14.3 Å². The third-order valence-corrected chi connectivity index (χ3v) is 5.54. The summed E-state index contributed by atoms with van der Waals surface area (Å²) in [5.74, 6) is 0.275. The van der Waals surface area contributed by atoms with Gasteiger partial charge in [-0.1, -0.05) is 26.3 Å². The van der Waals surface area contributed by atoms with Gasteiger partial charge in [0, 0.05) is 17.9 Å². The molecule has 4 atom stereocenters. The van der Waals surface area contributed by atoms with Crippen LogP contribution in [0.2, 0.25) is 0 Å². The molecule has 1 fully saturated rings. The van der Waals surface area contributed by atoms with E-state index >= 15 is 0 Å². The van der Waals surface area contributed by atoms with Crippen LogP contribution in [0.4, 0.5) is 0 Å². The molecular weight excluding hydrogens is 284 g/mol. The van der Waals surface area contributed by atoms with E-state index in [1.165, 1.54) is 23.4 Å². The Kier molecular flexibility index (Phi) is 4.97. The number of carbonyl (C=O) groups is 2. The summed E-state index contributed by atoms with van der Waals surface area (Å²) in [6, 6.07) is 0. The highest BCUT2D eigenvalue weighted by atomic mass is 32.2. The number of carbonyl (C=O) groups excluding carboxylic acids is 2. The predicted molar refractivity (Wildman–Crippen MR) is 85.9 cm³/mol. The summed E-state index contributed by atoms with van der Waals surface area (Å²) in [6.45, 7) is 6.35. The molecule has 0 radical (unpaired) electrons. The number of ketones is 1. The molecule has 0 aromatic rings. The average molecular weight is 308 g/mol. The molecule has 21 heavy (non-hydrogen) atoms. The Morgan fingerprint density at radius 1 is 1.48 bits per heavy atom. The molecule has 4 heteroatoms. The number of hydrogen-bond donors (Lipinski definition) is 0. The van der Waals surface area contributed by atoms with Crippen LogP contribution in [0.1, 0.15) is 40.0 Å². The Labute approximate surface area is 131 Å². The fraction of sp³-hybridized carbons (Fsp3) is 0.647. The summed E-state index contributed by atoms with van der Waals surface area (Å²) < 4.78 is 5.63. The maximum atomic E-state index is 11.9. The molecule has 0 aliphatic heterocycles. The van der Waals surface area contributed by atoms with Crippen LogP contribution in [0.25, 0.3) is 0 Å². The van der Waals surface area contributed by atoms with Crippen LogP contribution in [-0.2, 0) is 14.3 Å². The number of hydrogen-bond acceptors (Lipinski definition) is 4. The first-order valence-electron chi connectivity index (χ1n) is 7.53. The highest BCUT2D eigenvalue weighted by Crippen LogP contribution is 2.52. The van der Waals surface area contributed by atoms with Crippen molar-refractivity contribution in [3.63, 3.8) is 0 Å². The van der Waals surface area contributed by atoms with E-state index in [1.54, 1.807) is 5.41 Å². The van der Waals surface area contributed by atoms with E-state index in [4.69, 9.17) is 4.74 Å². The van der Waals surface area contributed by atoms with E-state index in [1.807, 2.05) is 19.3 Å². The summed E-state index contributed by atoms with van der Waals surface area (Å²) in [5, 5.41) is 1.74. The van der Waals surface area contributed by atoms with E-state index in [0.29, 0.717) is 0 Å². The Balaban J connectivity index is 2.14. The molecule has 0 heterocycles. The van der Waals surface area contributed by atoms with E-state index in [-0.39, 0.29) is 35.1 Å². The van der Waals surface area contributed by atoms with Crippen LogP contribution >= 0.6 is 11.8 Å². The van der Waals surface area contributed by atoms with Crippen molar-refractivity contribution in [1.29, 1.82) is 0 Å². The monoisotopic (exact) mass is 308 g/mol. The van der Waals surface area contributed by atoms with Crippen LogP contribution < -0.4 is 0 Å². The lowest BCUT2D eigenvalue weighted by molar-refractivity contribution is -0.150. The number of allylic oxidation sites excluding steroid dienone is 2. The number of thioether (sulfide) groups is 1. The maximum absolute atomic E-state index is 11.9. The number of rotatable bonds is 3. The van der Waals surface area contributed by atoms with Crippen molar-refractivity contribution in [3.8, 4) is 0 Å². The van der Waals surface area contributed by atoms with Crippen LogP contribution in [-0.4, -0.2) is 24.1 Å². The molecule has 0 N–H and O–H groups in total. The molecule has 0 amide bonds. The van der Waals surface area contributed by atoms with Gasteiger partial charge in [-0.25, -0.2) is 4.79 Å². The van der Waals surface area contributed by atoms with Crippen molar-refractivity contribution in [2.24, 2.45) is 17.3 Å². The minimum atomic E-state index is -0.267. The molecule has 0 unspecified atom stereocenters. The molecular formula is C17H24O3S. The lowest BCUT2D eigenvalue weighted by Gasteiger charge is -2.48. The lowest BCUT2D eigenvalue weighted by atomic mass is 9.58. The second-order valence-corrected chi connectivity index (χ2v) is 7.18. The third-order valence-electron chi connectivity index (χ3n) is 5.13. The molecule has 2 rings (SSSR count). The fourth-order valence-electron chi connectivity index (χ4n) is 3.61. The van der Waals surface area contributed by atoms with Crippen LogP contribution in [0.15, 0.2) is 23.1 Å². The Morgan fingerprint density at radius 3 is 2.86 bits per heavy atom. The van der Waals surface area contributed by atoms with Crippen molar-refractivity contribution in [2.45, 2.75) is 46.1 Å². The van der Waals surface area contributed by atoms with E-state index in [2.05, 4.69) is 13.8 Å². The Bertz CT molecular complexity index is 494. The fourth-order valence-corrected chi connectivity index (χ4v) is 3.86. The molecule has 2 aliphatic carbocycles. The van der Waals surface area contributed by atoms with Gasteiger partial charge in [-0.2, -0.15) is 0 Å². The molecule has 116 valence electrons. The first kappa shape index (κ1) is 16.3. The number of fused-ring (bicyclic) bond motifs is 1. The van der Waals surface area contributed by atoms with Gasteiger partial charge in [0.15, 0.2) is 5.78 Å². The van der Waals surface area contributed by atoms with Gasteiger partial charge in [-0.3, -0.25) is 4.79 Å². The maximum Gasteiger partial charge on any atom is 0.331 e. The van der Waals surface area contributed by atoms with Gasteiger partial charge < -0.3 is 4.74 Å². The van der Waals surface area contributed by atoms with Gasteiger partial charge in [0.2, 0.25) is 0 Å². The molecule has 0 aromatic heterocycles. The minimum Gasteiger partial charge on any atom is -0.459 e. The molecule has 2 aliphatic rings. The standard InChI is InChI=1S/C17H24O3S/c1-11-10-17(3)12(2)15(20-16(19)7-8-21-4)6-5-13(17)9-14(11)18/h7-9,11-12,15H,5-6,10H2,1-4H3/b8-7-/t11-,12+,15-,17-/m1/s1. The Morgan fingerprint density at radius 2 is 2.19 bits per heavy atom. The molecule has 0 bridgehead atoms. The summed E-state index contributed by atoms with van der Waals surface area (Å²) in [6.07, 6.45) is 7.69. The first-order valence-corrected chi connectivity index (χ1v) is 8.82. The molecule has 1 saturated carbocycles. The van der Waals surface area contributed by atoms with E-state index in [9.17, 15) is 9.59 Å². The highest BCUT2D eigenvalue weighted by Gasteiger charge is 2.47. The first-order chi connectivity index (χ1) is 9.88. The number of ether oxygens (including phenoxy) is 1. The van der Waals surface area contributed by atoms with Gasteiger partial charge in [-0.15, -0.1) is 11.8 Å². The normalized spacial score (nSPS) is 36.3. The zero-order chi connectivity index (χ0) is 15.6. The minimum absolute atomic E-state index is 0.0280. The van der Waals surface area contributed by atoms with Gasteiger partial charge >= 0.3 is 5.97 Å². The second-order valence-electron chi connectivity index (χ2n) is 6.44. The van der Waals surface area contributed by atoms with E-state index in [0.717, 1.165) is 19.3 Å². The third kappa shape index (κ3) is 3.25. The highest BCUT2D eigenvalue weighted by molar-refractivity contribution is 8.01. The zero-order valence-corrected chi connectivity index (χ0v) is 14.0. The quantitative estimate of drug-likeness (QED) is 0.588. The summed E-state index contributed by atoms with van der Waals surface area (Å²) in [4.78, 5) is 23.7. The second kappa shape index (κ2) is 6.39. The number of esters is 1. The van der Waals surface area contributed by atoms with E-state index < -0.39 is 0 Å². The van der Waals surface area contributed by atoms with Gasteiger partial charge in [0.25, 0.3) is 0 Å². The largest absolute Gasteiger partial charge is 0.459 e. The average Bonchev–Trinajstić information content (AvgIpc) is 2.44. The summed E-state index contributed by atoms with van der Waals surface area (Å²) in [7, 11) is 0. The summed E-state index contributed by atoms with van der Waals surface area (Å²) in [5.41, 5.74) is 1.21. The van der Waals surface area contributed by atoms with Crippen molar-refractivity contribution >= 4 is 23.5 Å². The molecule has 0 spiro atoms. The zero-order valence-electron chi connectivity index (χ0n) is 13.2. The van der Waals surface area contributed by atoms with Gasteiger partial charge in [0.05, 0.1) is 0 Å². The van der Waals surface area contributed by atoms with Gasteiger partial charge in [-0.05, 0) is 42.4 Å². The molecule has 0 aromatic carbocycles. The lowest BCUT2D eigenvalue weighted by Crippen LogP contribution is -2.45. The van der Waals surface area contributed by atoms with Crippen molar-refractivity contribution in [1.82, 2.24) is 0 Å². The molecule has 3 nitrogen and oxygen atoms in total. The van der Waals surface area contributed by atoms with Crippen LogP contribution in [0.3, 0.4) is 0 Å². The van der Waals surface area contributed by atoms with Crippen molar-refractivity contribution in [3.05, 3.63) is 23.1 Å². The topological polar surface area (TPSA) is 43.4 Å². The summed E-state index contributed by atoms with van der Waals surface area (Å²) >= 11 is 1.48. The van der Waals surface area contributed by atoms with Crippen molar-refractivity contribution in [2.75, 3.05) is 6.26 Å². The molecule has 0 saturated heterocycles.